The number of amides is 1. The van der Waals surface area contributed by atoms with Crippen LogP contribution in [0, 0.1) is 13.8 Å². The number of carbonyl (C=O) groups is 1. The number of para-hydroxylation sites is 1. The first kappa shape index (κ1) is 17.2. The molecule has 4 aromatic rings. The van der Waals surface area contributed by atoms with Crippen LogP contribution in [0.1, 0.15) is 21.5 Å². The van der Waals surface area contributed by atoms with Gasteiger partial charge in [-0.05, 0) is 61.4 Å². The van der Waals surface area contributed by atoms with Gasteiger partial charge in [0.15, 0.2) is 5.13 Å². The van der Waals surface area contributed by atoms with Gasteiger partial charge in [-0.25, -0.2) is 4.98 Å². The molecular formula is C22H18N2O2S. The zero-order chi connectivity index (χ0) is 18.8. The maximum atomic E-state index is 12.5. The Hall–Kier alpha value is -3.18. The monoisotopic (exact) mass is 374 g/mol. The van der Waals surface area contributed by atoms with E-state index in [0.717, 1.165) is 27.1 Å². The molecule has 0 atom stereocenters. The van der Waals surface area contributed by atoms with Gasteiger partial charge in [0.05, 0.1) is 10.2 Å². The van der Waals surface area contributed by atoms with E-state index < -0.39 is 0 Å². The summed E-state index contributed by atoms with van der Waals surface area (Å²) in [6.45, 7) is 4.08. The number of hydrogen-bond donors (Lipinski definition) is 1. The van der Waals surface area contributed by atoms with E-state index in [4.69, 9.17) is 4.74 Å². The molecule has 3 aromatic carbocycles. The number of aromatic nitrogens is 1. The molecule has 0 aliphatic carbocycles. The van der Waals surface area contributed by atoms with E-state index in [0.29, 0.717) is 16.4 Å². The van der Waals surface area contributed by atoms with E-state index in [1.54, 1.807) is 24.3 Å². The predicted molar refractivity (Wildman–Crippen MR) is 110 cm³/mol. The predicted octanol–water partition coefficient (Wildman–Crippen LogP) is 5.96. The van der Waals surface area contributed by atoms with Crippen LogP contribution in [-0.4, -0.2) is 10.9 Å². The lowest BCUT2D eigenvalue weighted by Gasteiger charge is -2.06. The Morgan fingerprint density at radius 2 is 1.56 bits per heavy atom. The van der Waals surface area contributed by atoms with Crippen molar-refractivity contribution in [3.05, 3.63) is 83.4 Å². The van der Waals surface area contributed by atoms with Gasteiger partial charge in [0, 0.05) is 5.56 Å². The fourth-order valence-electron chi connectivity index (χ4n) is 2.78. The molecule has 0 saturated carbocycles. The lowest BCUT2D eigenvalue weighted by molar-refractivity contribution is 0.102. The zero-order valence-corrected chi connectivity index (χ0v) is 15.8. The number of anilines is 1. The van der Waals surface area contributed by atoms with Crippen molar-refractivity contribution in [1.29, 1.82) is 0 Å². The Balaban J connectivity index is 1.50. The molecule has 1 aromatic heterocycles. The standard InChI is InChI=1S/C22H18N2O2S/c1-14-8-9-15(2)20-19(14)23-22(27-20)24-21(25)16-10-12-18(13-11-16)26-17-6-4-3-5-7-17/h3-13H,1-2H3,(H,23,24,25). The quantitative estimate of drug-likeness (QED) is 0.480. The van der Waals surface area contributed by atoms with E-state index in [2.05, 4.69) is 29.4 Å². The van der Waals surface area contributed by atoms with Crippen LogP contribution in [0.2, 0.25) is 0 Å². The van der Waals surface area contributed by atoms with Crippen LogP contribution in [0.15, 0.2) is 66.7 Å². The molecule has 5 heteroatoms. The summed E-state index contributed by atoms with van der Waals surface area (Å²) in [5.74, 6) is 1.26. The Labute approximate surface area is 161 Å². The summed E-state index contributed by atoms with van der Waals surface area (Å²) < 4.78 is 6.86. The second kappa shape index (κ2) is 7.21. The van der Waals surface area contributed by atoms with Gasteiger partial charge in [0.2, 0.25) is 0 Å². The maximum absolute atomic E-state index is 12.5. The van der Waals surface area contributed by atoms with Crippen molar-refractivity contribution in [1.82, 2.24) is 4.98 Å². The fraction of sp³-hybridized carbons (Fsp3) is 0.0909. The highest BCUT2D eigenvalue weighted by Crippen LogP contribution is 2.31. The first-order chi connectivity index (χ1) is 13.1. The molecular weight excluding hydrogens is 356 g/mol. The number of fused-ring (bicyclic) bond motifs is 1. The highest BCUT2D eigenvalue weighted by Gasteiger charge is 2.12. The van der Waals surface area contributed by atoms with E-state index in [1.807, 2.05) is 37.3 Å². The van der Waals surface area contributed by atoms with E-state index in [-0.39, 0.29) is 5.91 Å². The normalized spacial score (nSPS) is 10.7. The topological polar surface area (TPSA) is 51.2 Å². The van der Waals surface area contributed by atoms with Crippen molar-refractivity contribution >= 4 is 32.6 Å². The van der Waals surface area contributed by atoms with Crippen molar-refractivity contribution in [2.24, 2.45) is 0 Å². The number of rotatable bonds is 4. The third-order valence-corrected chi connectivity index (χ3v) is 5.36. The van der Waals surface area contributed by atoms with Gasteiger partial charge in [-0.1, -0.05) is 41.7 Å². The largest absolute Gasteiger partial charge is 0.457 e. The summed E-state index contributed by atoms with van der Waals surface area (Å²) in [5, 5.41) is 3.51. The van der Waals surface area contributed by atoms with Gasteiger partial charge in [0.1, 0.15) is 11.5 Å². The summed E-state index contributed by atoms with van der Waals surface area (Å²) in [6, 6.07) is 20.7. The van der Waals surface area contributed by atoms with Crippen molar-refractivity contribution in [3.8, 4) is 11.5 Å². The first-order valence-electron chi connectivity index (χ1n) is 8.61. The molecule has 0 saturated heterocycles. The second-order valence-corrected chi connectivity index (χ2v) is 7.29. The Bertz CT molecular complexity index is 1060. The number of carbonyl (C=O) groups excluding carboxylic acids is 1. The molecule has 0 aliphatic heterocycles. The summed E-state index contributed by atoms with van der Waals surface area (Å²) in [5.41, 5.74) is 3.77. The zero-order valence-electron chi connectivity index (χ0n) is 15.0. The highest BCUT2D eigenvalue weighted by molar-refractivity contribution is 7.22. The Morgan fingerprint density at radius 3 is 2.26 bits per heavy atom. The van der Waals surface area contributed by atoms with Crippen LogP contribution in [0.4, 0.5) is 5.13 Å². The van der Waals surface area contributed by atoms with E-state index in [9.17, 15) is 4.79 Å². The number of hydrogen-bond acceptors (Lipinski definition) is 4. The van der Waals surface area contributed by atoms with Gasteiger partial charge in [0.25, 0.3) is 5.91 Å². The minimum Gasteiger partial charge on any atom is -0.457 e. The smallest absolute Gasteiger partial charge is 0.257 e. The number of ether oxygens (including phenoxy) is 1. The molecule has 134 valence electrons. The summed E-state index contributed by atoms with van der Waals surface area (Å²) in [4.78, 5) is 17.1. The first-order valence-corrected chi connectivity index (χ1v) is 9.43. The lowest BCUT2D eigenvalue weighted by Crippen LogP contribution is -2.11. The molecule has 0 spiro atoms. The molecule has 1 heterocycles. The minimum atomic E-state index is -0.185. The lowest BCUT2D eigenvalue weighted by atomic mass is 10.1. The van der Waals surface area contributed by atoms with Crippen molar-refractivity contribution in [3.63, 3.8) is 0 Å². The average Bonchev–Trinajstić information content (AvgIpc) is 3.11. The fourth-order valence-corrected chi connectivity index (χ4v) is 3.79. The summed E-state index contributed by atoms with van der Waals surface area (Å²) >= 11 is 1.50. The van der Waals surface area contributed by atoms with Gasteiger partial charge in [-0.2, -0.15) is 0 Å². The van der Waals surface area contributed by atoms with Crippen LogP contribution in [0.5, 0.6) is 11.5 Å². The third-order valence-electron chi connectivity index (χ3n) is 4.26. The van der Waals surface area contributed by atoms with Crippen LogP contribution in [-0.2, 0) is 0 Å². The van der Waals surface area contributed by atoms with Crippen molar-refractivity contribution in [2.75, 3.05) is 5.32 Å². The third kappa shape index (κ3) is 3.68. The van der Waals surface area contributed by atoms with Gasteiger partial charge >= 0.3 is 0 Å². The maximum Gasteiger partial charge on any atom is 0.257 e. The molecule has 4 rings (SSSR count). The molecule has 27 heavy (non-hydrogen) atoms. The minimum absolute atomic E-state index is 0.185. The Kier molecular flexibility index (Phi) is 4.60. The van der Waals surface area contributed by atoms with Crippen LogP contribution >= 0.6 is 11.3 Å². The summed E-state index contributed by atoms with van der Waals surface area (Å²) in [6.07, 6.45) is 0. The van der Waals surface area contributed by atoms with Gasteiger partial charge in [-0.15, -0.1) is 0 Å². The Morgan fingerprint density at radius 1 is 0.889 bits per heavy atom. The van der Waals surface area contributed by atoms with Crippen molar-refractivity contribution in [2.45, 2.75) is 13.8 Å². The molecule has 1 amide bonds. The molecule has 0 radical (unpaired) electrons. The van der Waals surface area contributed by atoms with Crippen molar-refractivity contribution < 1.29 is 9.53 Å². The number of nitrogens with one attached hydrogen (secondary N) is 1. The molecule has 0 aliphatic rings. The van der Waals surface area contributed by atoms with E-state index >= 15 is 0 Å². The number of benzene rings is 3. The SMILES string of the molecule is Cc1ccc(C)c2sc(NC(=O)c3ccc(Oc4ccccc4)cc3)nc12. The molecule has 0 bridgehead atoms. The molecule has 0 fully saturated rings. The molecule has 1 N–H and O–H groups in total. The molecule has 0 unspecified atom stereocenters. The average molecular weight is 374 g/mol. The summed E-state index contributed by atoms with van der Waals surface area (Å²) in [7, 11) is 0. The van der Waals surface area contributed by atoms with Gasteiger partial charge < -0.3 is 4.74 Å². The van der Waals surface area contributed by atoms with Crippen LogP contribution in [0.3, 0.4) is 0 Å². The number of nitrogens with zero attached hydrogens (tertiary/aromatic N) is 1. The van der Waals surface area contributed by atoms with Gasteiger partial charge in [-0.3, -0.25) is 10.1 Å². The van der Waals surface area contributed by atoms with Crippen LogP contribution in [0.25, 0.3) is 10.2 Å². The second-order valence-electron chi connectivity index (χ2n) is 6.29. The van der Waals surface area contributed by atoms with Crippen LogP contribution < -0.4 is 10.1 Å². The highest BCUT2D eigenvalue weighted by atomic mass is 32.1. The number of aryl methyl sites for hydroxylation is 2. The number of thiazole rings is 1. The van der Waals surface area contributed by atoms with E-state index in [1.165, 1.54) is 11.3 Å². The molecule has 4 nitrogen and oxygen atoms in total.